The van der Waals surface area contributed by atoms with E-state index >= 15 is 0 Å². The van der Waals surface area contributed by atoms with Crippen LogP contribution in [0.4, 0.5) is 0 Å². The number of unbranched alkanes of at least 4 members (excludes halogenated alkanes) is 1. The summed E-state index contributed by atoms with van der Waals surface area (Å²) in [6, 6.07) is 1.82. The summed E-state index contributed by atoms with van der Waals surface area (Å²) in [5, 5.41) is 3.38. The van der Waals surface area contributed by atoms with Gasteiger partial charge in [0.1, 0.15) is 11.4 Å². The highest BCUT2D eigenvalue weighted by Gasteiger charge is 2.09. The van der Waals surface area contributed by atoms with E-state index in [1.807, 2.05) is 13.0 Å². The van der Waals surface area contributed by atoms with E-state index < -0.39 is 0 Å². The molecule has 19 heavy (non-hydrogen) atoms. The maximum Gasteiger partial charge on any atom is 0.262 e. The van der Waals surface area contributed by atoms with Gasteiger partial charge in [-0.15, -0.1) is 11.3 Å². The van der Waals surface area contributed by atoms with Crippen LogP contribution in [-0.4, -0.2) is 22.0 Å². The number of carbonyl (C=O) groups is 1. The summed E-state index contributed by atoms with van der Waals surface area (Å²) in [6.45, 7) is 4.68. The van der Waals surface area contributed by atoms with Gasteiger partial charge >= 0.3 is 0 Å². The van der Waals surface area contributed by atoms with Crippen molar-refractivity contribution in [2.24, 2.45) is 0 Å². The number of aromatic nitrogens is 2. The van der Waals surface area contributed by atoms with Gasteiger partial charge in [0.05, 0.1) is 11.7 Å². The van der Waals surface area contributed by atoms with Crippen LogP contribution >= 0.6 is 11.3 Å². The molecule has 2 heterocycles. The van der Waals surface area contributed by atoms with Gasteiger partial charge in [-0.3, -0.25) is 14.2 Å². The number of rotatable bonds is 5. The standard InChI is InChI=1S/C13H17N3O2S/c1-3-4-5-14-11(17)7-16-8-15-12-10(13(16)18)6-9(2)19-12/h6,8H,3-5,7H2,1-2H3,(H,14,17). The Morgan fingerprint density at radius 1 is 1.53 bits per heavy atom. The molecule has 0 spiro atoms. The molecule has 0 atom stereocenters. The zero-order chi connectivity index (χ0) is 13.8. The second kappa shape index (κ2) is 5.97. The van der Waals surface area contributed by atoms with Gasteiger partial charge in [0.15, 0.2) is 0 Å². The van der Waals surface area contributed by atoms with Crippen molar-refractivity contribution in [1.82, 2.24) is 14.9 Å². The molecule has 5 nitrogen and oxygen atoms in total. The van der Waals surface area contributed by atoms with E-state index in [0.29, 0.717) is 11.9 Å². The third kappa shape index (κ3) is 3.20. The smallest absolute Gasteiger partial charge is 0.262 e. The number of amides is 1. The van der Waals surface area contributed by atoms with Gasteiger partial charge in [-0.25, -0.2) is 4.98 Å². The summed E-state index contributed by atoms with van der Waals surface area (Å²) in [5.74, 6) is -0.149. The lowest BCUT2D eigenvalue weighted by atomic mass is 10.3. The zero-order valence-corrected chi connectivity index (χ0v) is 11.9. The molecule has 1 amide bonds. The Hall–Kier alpha value is -1.69. The lowest BCUT2D eigenvalue weighted by Gasteiger charge is -2.06. The monoisotopic (exact) mass is 279 g/mol. The Kier molecular flexibility index (Phi) is 4.31. The highest BCUT2D eigenvalue weighted by Crippen LogP contribution is 2.19. The summed E-state index contributed by atoms with van der Waals surface area (Å²) < 4.78 is 1.36. The molecule has 0 saturated carbocycles. The predicted octanol–water partition coefficient (Wildman–Crippen LogP) is 1.68. The van der Waals surface area contributed by atoms with E-state index in [0.717, 1.165) is 22.5 Å². The van der Waals surface area contributed by atoms with Crippen molar-refractivity contribution in [2.45, 2.75) is 33.2 Å². The van der Waals surface area contributed by atoms with Gasteiger partial charge in [-0.1, -0.05) is 13.3 Å². The molecule has 102 valence electrons. The summed E-state index contributed by atoms with van der Waals surface area (Å²) >= 11 is 1.49. The molecule has 0 fully saturated rings. The van der Waals surface area contributed by atoms with Gasteiger partial charge in [-0.2, -0.15) is 0 Å². The van der Waals surface area contributed by atoms with Crippen molar-refractivity contribution in [1.29, 1.82) is 0 Å². The molecule has 0 aliphatic rings. The van der Waals surface area contributed by atoms with E-state index in [9.17, 15) is 9.59 Å². The first-order chi connectivity index (χ1) is 9.11. The Balaban J connectivity index is 2.14. The van der Waals surface area contributed by atoms with Crippen LogP contribution in [0.1, 0.15) is 24.6 Å². The SMILES string of the molecule is CCCCNC(=O)Cn1cnc2sc(C)cc2c1=O. The van der Waals surface area contributed by atoms with Gasteiger partial charge in [-0.05, 0) is 19.4 Å². The first-order valence-corrected chi connectivity index (χ1v) is 7.15. The number of hydrogen-bond acceptors (Lipinski definition) is 4. The maximum atomic E-state index is 12.2. The molecule has 0 aromatic carbocycles. The van der Waals surface area contributed by atoms with Crippen molar-refractivity contribution in [2.75, 3.05) is 6.54 Å². The summed E-state index contributed by atoms with van der Waals surface area (Å²) in [7, 11) is 0. The van der Waals surface area contributed by atoms with E-state index in [2.05, 4.69) is 17.2 Å². The summed E-state index contributed by atoms with van der Waals surface area (Å²) in [4.78, 5) is 29.8. The fourth-order valence-corrected chi connectivity index (χ4v) is 2.65. The molecule has 0 aliphatic heterocycles. The van der Waals surface area contributed by atoms with Crippen molar-refractivity contribution in [3.8, 4) is 0 Å². The molecule has 1 N–H and O–H groups in total. The minimum atomic E-state index is -0.153. The molecule has 0 radical (unpaired) electrons. The number of thiophene rings is 1. The van der Waals surface area contributed by atoms with Gasteiger partial charge in [0.25, 0.3) is 5.56 Å². The number of aryl methyl sites for hydroxylation is 1. The topological polar surface area (TPSA) is 64.0 Å². The normalized spacial score (nSPS) is 10.8. The second-order valence-corrected chi connectivity index (χ2v) is 5.69. The lowest BCUT2D eigenvalue weighted by molar-refractivity contribution is -0.121. The zero-order valence-electron chi connectivity index (χ0n) is 11.1. The van der Waals surface area contributed by atoms with Crippen LogP contribution in [0.25, 0.3) is 10.2 Å². The predicted molar refractivity (Wildman–Crippen MR) is 76.5 cm³/mol. The van der Waals surface area contributed by atoms with Crippen molar-refractivity contribution >= 4 is 27.5 Å². The first-order valence-electron chi connectivity index (χ1n) is 6.34. The molecule has 0 saturated heterocycles. The van der Waals surface area contributed by atoms with E-state index in [1.54, 1.807) is 0 Å². The molecule has 2 aromatic heterocycles. The minimum Gasteiger partial charge on any atom is -0.355 e. The van der Waals surface area contributed by atoms with E-state index in [-0.39, 0.29) is 18.0 Å². The van der Waals surface area contributed by atoms with Crippen LogP contribution in [0.15, 0.2) is 17.2 Å². The summed E-state index contributed by atoms with van der Waals surface area (Å²) in [6.07, 6.45) is 3.42. The van der Waals surface area contributed by atoms with Crippen LogP contribution in [0.2, 0.25) is 0 Å². The van der Waals surface area contributed by atoms with Crippen LogP contribution in [-0.2, 0) is 11.3 Å². The average Bonchev–Trinajstić information content (AvgIpc) is 2.75. The number of hydrogen-bond donors (Lipinski definition) is 1. The highest BCUT2D eigenvalue weighted by molar-refractivity contribution is 7.18. The van der Waals surface area contributed by atoms with Crippen molar-refractivity contribution in [3.63, 3.8) is 0 Å². The van der Waals surface area contributed by atoms with E-state index in [1.165, 1.54) is 22.2 Å². The van der Waals surface area contributed by atoms with Crippen molar-refractivity contribution < 1.29 is 4.79 Å². The van der Waals surface area contributed by atoms with Gasteiger partial charge < -0.3 is 5.32 Å². The van der Waals surface area contributed by atoms with Gasteiger partial charge in [0.2, 0.25) is 5.91 Å². The molecule has 0 bridgehead atoms. The van der Waals surface area contributed by atoms with Crippen LogP contribution in [0.5, 0.6) is 0 Å². The number of nitrogens with one attached hydrogen (secondary N) is 1. The Morgan fingerprint density at radius 2 is 2.32 bits per heavy atom. The Labute approximate surface area is 115 Å². The average molecular weight is 279 g/mol. The molecule has 6 heteroatoms. The Bertz CT molecular complexity index is 645. The minimum absolute atomic E-state index is 0.0282. The van der Waals surface area contributed by atoms with E-state index in [4.69, 9.17) is 0 Å². The second-order valence-electron chi connectivity index (χ2n) is 4.46. The fraction of sp³-hybridized carbons (Fsp3) is 0.462. The molecule has 2 rings (SSSR count). The number of nitrogens with zero attached hydrogens (tertiary/aromatic N) is 2. The van der Waals surface area contributed by atoms with Crippen LogP contribution < -0.4 is 10.9 Å². The quantitative estimate of drug-likeness (QED) is 0.847. The molecular formula is C13H17N3O2S. The molecule has 0 aliphatic carbocycles. The third-order valence-corrected chi connectivity index (χ3v) is 3.77. The third-order valence-electron chi connectivity index (χ3n) is 2.81. The van der Waals surface area contributed by atoms with Crippen molar-refractivity contribution in [3.05, 3.63) is 27.6 Å². The largest absolute Gasteiger partial charge is 0.355 e. The first kappa shape index (κ1) is 13.7. The maximum absolute atomic E-state index is 12.2. The fourth-order valence-electron chi connectivity index (χ4n) is 1.81. The molecule has 0 unspecified atom stereocenters. The molecular weight excluding hydrogens is 262 g/mol. The van der Waals surface area contributed by atoms with Crippen LogP contribution in [0, 0.1) is 6.92 Å². The summed E-state index contributed by atoms with van der Waals surface area (Å²) in [5.41, 5.74) is -0.153. The molecule has 2 aromatic rings. The van der Waals surface area contributed by atoms with Gasteiger partial charge in [0, 0.05) is 11.4 Å². The number of fused-ring (bicyclic) bond motifs is 1. The Morgan fingerprint density at radius 3 is 3.05 bits per heavy atom. The number of carbonyl (C=O) groups excluding carboxylic acids is 1. The lowest BCUT2D eigenvalue weighted by Crippen LogP contribution is -2.32. The highest BCUT2D eigenvalue weighted by atomic mass is 32.1. The van der Waals surface area contributed by atoms with Crippen LogP contribution in [0.3, 0.4) is 0 Å².